The smallest absolute Gasteiger partial charge is 0.234 e. The van der Waals surface area contributed by atoms with Crippen LogP contribution in [0.5, 0.6) is 0 Å². The third-order valence-electron chi connectivity index (χ3n) is 3.92. The maximum absolute atomic E-state index is 11.7. The van der Waals surface area contributed by atoms with Crippen molar-refractivity contribution >= 4 is 17.7 Å². The molecule has 0 bridgehead atoms. The highest BCUT2D eigenvalue weighted by molar-refractivity contribution is 8.02. The third-order valence-corrected chi connectivity index (χ3v) is 5.45. The fourth-order valence-corrected chi connectivity index (χ4v) is 3.87. The van der Waals surface area contributed by atoms with Crippen molar-refractivity contribution in [1.29, 1.82) is 0 Å². The summed E-state index contributed by atoms with van der Waals surface area (Å²) in [7, 11) is 0. The van der Waals surface area contributed by atoms with E-state index in [0.717, 1.165) is 31.1 Å². The van der Waals surface area contributed by atoms with Crippen molar-refractivity contribution in [3.8, 4) is 0 Å². The molecule has 17 heavy (non-hydrogen) atoms. The maximum Gasteiger partial charge on any atom is 0.234 e. The number of hydrogen-bond donors (Lipinski definition) is 1. The van der Waals surface area contributed by atoms with Crippen LogP contribution >= 0.6 is 11.8 Å². The van der Waals surface area contributed by atoms with Gasteiger partial charge in [0.15, 0.2) is 0 Å². The molecule has 1 saturated heterocycles. The van der Waals surface area contributed by atoms with Gasteiger partial charge in [0.25, 0.3) is 0 Å². The lowest BCUT2D eigenvalue weighted by molar-refractivity contribution is -0.120. The Balaban J connectivity index is 2.58. The molecule has 0 radical (unpaired) electrons. The summed E-state index contributed by atoms with van der Waals surface area (Å²) in [5.74, 6) is 1.69. The van der Waals surface area contributed by atoms with Crippen molar-refractivity contribution in [1.82, 2.24) is 5.32 Å². The van der Waals surface area contributed by atoms with E-state index in [9.17, 15) is 4.79 Å². The van der Waals surface area contributed by atoms with Crippen LogP contribution in [0.15, 0.2) is 0 Å². The second-order valence-corrected chi connectivity index (χ2v) is 7.48. The zero-order valence-corrected chi connectivity index (χ0v) is 12.7. The molecule has 3 heteroatoms. The molecule has 0 aromatic rings. The van der Waals surface area contributed by atoms with Gasteiger partial charge in [-0.2, -0.15) is 0 Å². The molecule has 2 nitrogen and oxygen atoms in total. The lowest BCUT2D eigenvalue weighted by Crippen LogP contribution is -2.40. The van der Waals surface area contributed by atoms with Gasteiger partial charge in [-0.25, -0.2) is 0 Å². The molecule has 1 N–H and O–H groups in total. The molecular formula is C14H27NOS. The average Bonchev–Trinajstić information content (AvgIpc) is 2.52. The predicted molar refractivity (Wildman–Crippen MR) is 76.1 cm³/mol. The van der Waals surface area contributed by atoms with Crippen LogP contribution in [0.4, 0.5) is 0 Å². The Labute approximate surface area is 110 Å². The van der Waals surface area contributed by atoms with Crippen molar-refractivity contribution in [3.63, 3.8) is 0 Å². The molecule has 0 aliphatic carbocycles. The topological polar surface area (TPSA) is 29.1 Å². The van der Waals surface area contributed by atoms with E-state index in [0.29, 0.717) is 0 Å². The summed E-state index contributed by atoms with van der Waals surface area (Å²) in [5, 5.41) is 3.36. The highest BCUT2D eigenvalue weighted by atomic mass is 32.2. The molecule has 0 saturated carbocycles. The van der Waals surface area contributed by atoms with E-state index in [-0.39, 0.29) is 16.0 Å². The first-order valence-electron chi connectivity index (χ1n) is 6.90. The van der Waals surface area contributed by atoms with Gasteiger partial charge in [0, 0.05) is 0 Å². The van der Waals surface area contributed by atoms with Gasteiger partial charge in [-0.15, -0.1) is 11.8 Å². The van der Waals surface area contributed by atoms with Gasteiger partial charge < -0.3 is 5.32 Å². The molecule has 3 atom stereocenters. The van der Waals surface area contributed by atoms with E-state index in [2.05, 4.69) is 33.0 Å². The molecule has 0 aromatic carbocycles. The predicted octanol–water partition coefficient (Wildman–Crippen LogP) is 3.81. The number of thioether (sulfide) groups is 1. The minimum atomic E-state index is 0.0222. The van der Waals surface area contributed by atoms with E-state index >= 15 is 0 Å². The van der Waals surface area contributed by atoms with Crippen molar-refractivity contribution in [3.05, 3.63) is 0 Å². The zero-order valence-electron chi connectivity index (χ0n) is 11.9. The second kappa shape index (κ2) is 6.12. The highest BCUT2D eigenvalue weighted by Gasteiger charge is 2.41. The third kappa shape index (κ3) is 3.90. The minimum Gasteiger partial charge on any atom is -0.341 e. The Morgan fingerprint density at radius 1 is 1.35 bits per heavy atom. The standard InChI is InChI=1S/C14H27NOS/c1-6-8-14(9-7-11(4)10(2)3)15-13(16)12(5)17-14/h10-12H,6-9H2,1-5H3,(H,15,16)/t11?,12-,14?/m0/s1. The molecule has 1 fully saturated rings. The number of carbonyl (C=O) groups is 1. The number of carbonyl (C=O) groups excluding carboxylic acids is 1. The lowest BCUT2D eigenvalue weighted by Gasteiger charge is -2.30. The molecular weight excluding hydrogens is 230 g/mol. The molecule has 2 unspecified atom stereocenters. The summed E-state index contributed by atoms with van der Waals surface area (Å²) in [5.41, 5.74) is 0. The number of hydrogen-bond acceptors (Lipinski definition) is 2. The zero-order chi connectivity index (χ0) is 13.1. The molecule has 1 aliphatic rings. The Morgan fingerprint density at radius 3 is 2.41 bits per heavy atom. The molecule has 0 spiro atoms. The highest BCUT2D eigenvalue weighted by Crippen LogP contribution is 2.41. The van der Waals surface area contributed by atoms with Crippen LogP contribution in [0.2, 0.25) is 0 Å². The van der Waals surface area contributed by atoms with E-state index < -0.39 is 0 Å². The SMILES string of the molecule is CCCC1(CCC(C)C(C)C)NC(=O)[C@H](C)S1. The van der Waals surface area contributed by atoms with Crippen molar-refractivity contribution < 1.29 is 4.79 Å². The normalized spacial score (nSPS) is 30.7. The summed E-state index contributed by atoms with van der Waals surface area (Å²) in [6, 6.07) is 0. The summed E-state index contributed by atoms with van der Waals surface area (Å²) in [6.45, 7) is 11.1. The Morgan fingerprint density at radius 2 is 2.00 bits per heavy atom. The van der Waals surface area contributed by atoms with Crippen LogP contribution in [-0.4, -0.2) is 16.0 Å². The molecule has 1 amide bonds. The van der Waals surface area contributed by atoms with Crippen LogP contribution in [0.3, 0.4) is 0 Å². The van der Waals surface area contributed by atoms with Gasteiger partial charge in [0.05, 0.1) is 10.1 Å². The number of nitrogens with one attached hydrogen (secondary N) is 1. The van der Waals surface area contributed by atoms with Crippen LogP contribution < -0.4 is 5.32 Å². The van der Waals surface area contributed by atoms with Gasteiger partial charge >= 0.3 is 0 Å². The summed E-state index contributed by atoms with van der Waals surface area (Å²) < 4.78 is 0. The fraction of sp³-hybridized carbons (Fsp3) is 0.929. The molecule has 100 valence electrons. The Kier molecular flexibility index (Phi) is 5.36. The maximum atomic E-state index is 11.7. The van der Waals surface area contributed by atoms with E-state index in [1.54, 1.807) is 0 Å². The average molecular weight is 257 g/mol. The number of amides is 1. The first-order valence-corrected chi connectivity index (χ1v) is 7.78. The Hall–Kier alpha value is -0.180. The minimum absolute atomic E-state index is 0.0222. The molecule has 1 rings (SSSR count). The van der Waals surface area contributed by atoms with Crippen LogP contribution in [0, 0.1) is 11.8 Å². The van der Waals surface area contributed by atoms with Crippen LogP contribution in [0.1, 0.15) is 60.3 Å². The quantitative estimate of drug-likeness (QED) is 0.784. The summed E-state index contributed by atoms with van der Waals surface area (Å²) in [6.07, 6.45) is 4.55. The van der Waals surface area contributed by atoms with Crippen molar-refractivity contribution in [2.75, 3.05) is 0 Å². The van der Waals surface area contributed by atoms with E-state index in [1.807, 2.05) is 18.7 Å². The second-order valence-electron chi connectivity index (χ2n) is 5.75. The van der Waals surface area contributed by atoms with Crippen LogP contribution in [0.25, 0.3) is 0 Å². The van der Waals surface area contributed by atoms with Crippen molar-refractivity contribution in [2.45, 2.75) is 70.4 Å². The molecule has 1 aliphatic heterocycles. The molecule has 1 heterocycles. The van der Waals surface area contributed by atoms with Gasteiger partial charge in [-0.3, -0.25) is 4.79 Å². The monoisotopic (exact) mass is 257 g/mol. The van der Waals surface area contributed by atoms with Gasteiger partial charge in [0.1, 0.15) is 0 Å². The van der Waals surface area contributed by atoms with Crippen molar-refractivity contribution in [2.24, 2.45) is 11.8 Å². The first-order chi connectivity index (χ1) is 7.90. The first kappa shape index (κ1) is 14.9. The lowest BCUT2D eigenvalue weighted by atomic mass is 9.90. The summed E-state index contributed by atoms with van der Waals surface area (Å²) >= 11 is 1.84. The fourth-order valence-electron chi connectivity index (χ4n) is 2.31. The summed E-state index contributed by atoms with van der Waals surface area (Å²) in [4.78, 5) is 11.7. The largest absolute Gasteiger partial charge is 0.341 e. The van der Waals surface area contributed by atoms with Gasteiger partial charge in [0.2, 0.25) is 5.91 Å². The number of rotatable bonds is 6. The molecule has 0 aromatic heterocycles. The van der Waals surface area contributed by atoms with Gasteiger partial charge in [-0.05, 0) is 38.0 Å². The van der Waals surface area contributed by atoms with E-state index in [4.69, 9.17) is 0 Å². The van der Waals surface area contributed by atoms with Crippen LogP contribution in [-0.2, 0) is 4.79 Å². The van der Waals surface area contributed by atoms with Gasteiger partial charge in [-0.1, -0.05) is 34.1 Å². The Bertz CT molecular complexity index is 267. The van der Waals surface area contributed by atoms with E-state index in [1.165, 1.54) is 6.42 Å².